The molecule has 34 heavy (non-hydrogen) atoms. The highest BCUT2D eigenvalue weighted by Crippen LogP contribution is 2.19. The first-order valence-corrected chi connectivity index (χ1v) is 12.2. The van der Waals surface area contributed by atoms with E-state index in [2.05, 4.69) is 20.5 Å². The SMILES string of the molecule is CCOCCOc1ccccc1C(=O)NC(=S)Nc1ccc(S(=O)(=O)Nc2cc(C)on2)cc1. The summed E-state index contributed by atoms with van der Waals surface area (Å²) in [5.74, 6) is 0.529. The third-order valence-corrected chi connectivity index (χ3v) is 5.91. The van der Waals surface area contributed by atoms with E-state index < -0.39 is 15.9 Å². The zero-order valence-electron chi connectivity index (χ0n) is 18.5. The second kappa shape index (κ2) is 11.6. The highest BCUT2D eigenvalue weighted by Gasteiger charge is 2.17. The molecule has 0 radical (unpaired) electrons. The normalized spacial score (nSPS) is 11.0. The van der Waals surface area contributed by atoms with E-state index >= 15 is 0 Å². The molecule has 0 atom stereocenters. The van der Waals surface area contributed by atoms with E-state index in [0.29, 0.717) is 42.6 Å². The largest absolute Gasteiger partial charge is 0.490 e. The number of benzene rings is 2. The Labute approximate surface area is 202 Å². The van der Waals surface area contributed by atoms with Crippen LogP contribution in [0.4, 0.5) is 11.5 Å². The smallest absolute Gasteiger partial charge is 0.263 e. The summed E-state index contributed by atoms with van der Waals surface area (Å²) in [6.07, 6.45) is 0. The van der Waals surface area contributed by atoms with Crippen LogP contribution in [0, 0.1) is 6.92 Å². The van der Waals surface area contributed by atoms with Crippen molar-refractivity contribution in [3.63, 3.8) is 0 Å². The van der Waals surface area contributed by atoms with Crippen LogP contribution in [0.25, 0.3) is 0 Å². The molecule has 12 heteroatoms. The second-order valence-corrected chi connectivity index (χ2v) is 8.99. The van der Waals surface area contributed by atoms with Crippen molar-refractivity contribution in [2.75, 3.05) is 29.9 Å². The van der Waals surface area contributed by atoms with Crippen molar-refractivity contribution < 1.29 is 27.2 Å². The van der Waals surface area contributed by atoms with Gasteiger partial charge in [-0.3, -0.25) is 14.8 Å². The molecule has 0 saturated heterocycles. The van der Waals surface area contributed by atoms with E-state index in [9.17, 15) is 13.2 Å². The molecule has 0 saturated carbocycles. The number of nitrogens with one attached hydrogen (secondary N) is 3. The van der Waals surface area contributed by atoms with Gasteiger partial charge in [0.25, 0.3) is 15.9 Å². The fourth-order valence-electron chi connectivity index (χ4n) is 2.80. The number of carbonyl (C=O) groups excluding carboxylic acids is 1. The van der Waals surface area contributed by atoms with Crippen LogP contribution in [-0.4, -0.2) is 44.4 Å². The predicted octanol–water partition coefficient (Wildman–Crippen LogP) is 3.33. The Kier molecular flexibility index (Phi) is 8.57. The molecule has 3 aromatic rings. The maximum atomic E-state index is 12.7. The Balaban J connectivity index is 1.58. The summed E-state index contributed by atoms with van der Waals surface area (Å²) in [7, 11) is -3.84. The first kappa shape index (κ1) is 25.1. The summed E-state index contributed by atoms with van der Waals surface area (Å²) in [5.41, 5.74) is 0.807. The van der Waals surface area contributed by atoms with Crippen LogP contribution < -0.4 is 20.1 Å². The number of aromatic nitrogens is 1. The molecule has 1 amide bonds. The van der Waals surface area contributed by atoms with Gasteiger partial charge in [0.2, 0.25) is 0 Å². The number of hydrogen-bond acceptors (Lipinski definition) is 8. The number of carbonyl (C=O) groups is 1. The summed E-state index contributed by atoms with van der Waals surface area (Å²) in [6.45, 7) is 4.84. The molecule has 3 N–H and O–H groups in total. The minimum absolute atomic E-state index is 0.0202. The topological polar surface area (TPSA) is 132 Å². The van der Waals surface area contributed by atoms with E-state index in [-0.39, 0.29) is 15.8 Å². The minimum Gasteiger partial charge on any atom is -0.490 e. The summed E-state index contributed by atoms with van der Waals surface area (Å²) in [4.78, 5) is 12.7. The zero-order chi connectivity index (χ0) is 24.6. The van der Waals surface area contributed by atoms with Gasteiger partial charge in [0, 0.05) is 18.4 Å². The van der Waals surface area contributed by atoms with Crippen LogP contribution >= 0.6 is 12.2 Å². The van der Waals surface area contributed by atoms with Crippen LogP contribution in [-0.2, 0) is 14.8 Å². The van der Waals surface area contributed by atoms with Gasteiger partial charge in [-0.25, -0.2) is 8.42 Å². The number of aryl methyl sites for hydroxylation is 1. The summed E-state index contributed by atoms with van der Waals surface area (Å²) in [6, 6.07) is 14.1. The lowest BCUT2D eigenvalue weighted by Crippen LogP contribution is -2.34. The number of anilines is 2. The van der Waals surface area contributed by atoms with Crippen molar-refractivity contribution in [1.29, 1.82) is 0 Å². The molecule has 0 unspecified atom stereocenters. The first-order chi connectivity index (χ1) is 16.3. The molecule has 0 fully saturated rings. The summed E-state index contributed by atoms with van der Waals surface area (Å²) >= 11 is 5.22. The fourth-order valence-corrected chi connectivity index (χ4v) is 3.99. The maximum Gasteiger partial charge on any atom is 0.263 e. The number of thiocarbonyl (C=S) groups is 1. The lowest BCUT2D eigenvalue weighted by molar-refractivity contribution is 0.0958. The predicted molar refractivity (Wildman–Crippen MR) is 131 cm³/mol. The number of para-hydroxylation sites is 1. The van der Waals surface area contributed by atoms with E-state index in [0.717, 1.165) is 0 Å². The van der Waals surface area contributed by atoms with Crippen LogP contribution in [0.15, 0.2) is 64.0 Å². The van der Waals surface area contributed by atoms with E-state index in [1.807, 2.05) is 6.92 Å². The highest BCUT2D eigenvalue weighted by atomic mass is 32.2. The van der Waals surface area contributed by atoms with Crippen LogP contribution in [0.5, 0.6) is 5.75 Å². The van der Waals surface area contributed by atoms with Crippen molar-refractivity contribution in [2.24, 2.45) is 0 Å². The highest BCUT2D eigenvalue weighted by molar-refractivity contribution is 7.92. The van der Waals surface area contributed by atoms with Gasteiger partial charge in [-0.15, -0.1) is 0 Å². The number of nitrogens with zero attached hydrogens (tertiary/aromatic N) is 1. The standard InChI is InChI=1S/C22H24N4O6S2/c1-3-30-12-13-31-19-7-5-4-6-18(19)21(27)24-22(33)23-16-8-10-17(11-9-16)34(28,29)26-20-14-15(2)32-25-20/h4-11,14H,3,12-13H2,1-2H3,(H,25,26)(H2,23,24,27,33). The Morgan fingerprint density at radius 3 is 2.53 bits per heavy atom. The molecular formula is C22H24N4O6S2. The number of rotatable bonds is 10. The molecule has 0 aliphatic heterocycles. The van der Waals surface area contributed by atoms with Crippen LogP contribution in [0.1, 0.15) is 23.0 Å². The third kappa shape index (κ3) is 7.01. The van der Waals surface area contributed by atoms with Crippen LogP contribution in [0.3, 0.4) is 0 Å². The van der Waals surface area contributed by atoms with Crippen molar-refractivity contribution in [1.82, 2.24) is 10.5 Å². The van der Waals surface area contributed by atoms with Gasteiger partial charge in [-0.2, -0.15) is 0 Å². The van der Waals surface area contributed by atoms with Crippen molar-refractivity contribution in [3.05, 3.63) is 65.9 Å². The first-order valence-electron chi connectivity index (χ1n) is 10.3. The van der Waals surface area contributed by atoms with E-state index in [4.69, 9.17) is 26.2 Å². The molecule has 0 bridgehead atoms. The molecule has 10 nitrogen and oxygen atoms in total. The Hall–Kier alpha value is -3.48. The Morgan fingerprint density at radius 1 is 1.12 bits per heavy atom. The molecule has 2 aromatic carbocycles. The van der Waals surface area contributed by atoms with Gasteiger partial charge in [-0.05, 0) is 62.5 Å². The monoisotopic (exact) mass is 504 g/mol. The quantitative estimate of drug-likeness (QED) is 0.281. The fraction of sp³-hybridized carbons (Fsp3) is 0.227. The molecule has 1 heterocycles. The molecular weight excluding hydrogens is 480 g/mol. The van der Waals surface area contributed by atoms with Crippen molar-refractivity contribution in [3.8, 4) is 5.75 Å². The number of sulfonamides is 1. The summed E-state index contributed by atoms with van der Waals surface area (Å²) < 4.78 is 43.0. The Bertz CT molecular complexity index is 1240. The number of hydrogen-bond donors (Lipinski definition) is 3. The van der Waals surface area contributed by atoms with Gasteiger partial charge in [-0.1, -0.05) is 17.3 Å². The lowest BCUT2D eigenvalue weighted by atomic mass is 10.2. The molecule has 0 aliphatic rings. The molecule has 0 spiro atoms. The number of amides is 1. The summed E-state index contributed by atoms with van der Waals surface area (Å²) in [5, 5.41) is 9.10. The lowest BCUT2D eigenvalue weighted by Gasteiger charge is -2.13. The molecule has 180 valence electrons. The third-order valence-electron chi connectivity index (χ3n) is 4.34. The van der Waals surface area contributed by atoms with Crippen LogP contribution in [0.2, 0.25) is 0 Å². The van der Waals surface area contributed by atoms with Gasteiger partial charge in [0.05, 0.1) is 17.1 Å². The van der Waals surface area contributed by atoms with Gasteiger partial charge in [0.1, 0.15) is 18.1 Å². The number of ether oxygens (including phenoxy) is 2. The van der Waals surface area contributed by atoms with Crippen molar-refractivity contribution >= 4 is 44.8 Å². The van der Waals surface area contributed by atoms with E-state index in [1.54, 1.807) is 31.2 Å². The van der Waals surface area contributed by atoms with Gasteiger partial charge >= 0.3 is 0 Å². The van der Waals surface area contributed by atoms with Gasteiger partial charge < -0.3 is 19.3 Å². The Morgan fingerprint density at radius 2 is 1.85 bits per heavy atom. The van der Waals surface area contributed by atoms with Crippen molar-refractivity contribution in [2.45, 2.75) is 18.7 Å². The zero-order valence-corrected chi connectivity index (χ0v) is 20.2. The molecule has 1 aromatic heterocycles. The van der Waals surface area contributed by atoms with Gasteiger partial charge in [0.15, 0.2) is 10.9 Å². The molecule has 0 aliphatic carbocycles. The minimum atomic E-state index is -3.84. The maximum absolute atomic E-state index is 12.7. The van der Waals surface area contributed by atoms with E-state index in [1.165, 1.54) is 30.3 Å². The second-order valence-electron chi connectivity index (χ2n) is 6.90. The molecule has 3 rings (SSSR count). The average Bonchev–Trinajstić information content (AvgIpc) is 3.21. The average molecular weight is 505 g/mol.